The van der Waals surface area contributed by atoms with Crippen LogP contribution in [0.15, 0.2) is 21.6 Å². The summed E-state index contributed by atoms with van der Waals surface area (Å²) < 4.78 is 0.323. The van der Waals surface area contributed by atoms with Gasteiger partial charge >= 0.3 is 0 Å². The molecule has 0 aromatic heterocycles. The Morgan fingerprint density at radius 2 is 2.00 bits per heavy atom. The summed E-state index contributed by atoms with van der Waals surface area (Å²) in [6.07, 6.45) is 8.89. The minimum Gasteiger partial charge on any atom is -0.257 e. The molecule has 1 aliphatic rings. The number of allylic oxidation sites excluding steroid dienone is 1. The molecule has 1 rings (SSSR count). The summed E-state index contributed by atoms with van der Waals surface area (Å²) in [7, 11) is 0. The van der Waals surface area contributed by atoms with Crippen molar-refractivity contribution in [3.8, 4) is 0 Å². The molecule has 0 aromatic rings. The normalized spacial score (nSPS) is 16.5. The van der Waals surface area contributed by atoms with Gasteiger partial charge in [-0.1, -0.05) is 45.0 Å². The van der Waals surface area contributed by atoms with Gasteiger partial charge in [0.15, 0.2) is 5.17 Å². The number of hydrogen-bond donors (Lipinski definition) is 0. The zero-order chi connectivity index (χ0) is 12.7. The number of thioether (sulfide) groups is 1. The highest BCUT2D eigenvalue weighted by atomic mass is 32.2. The van der Waals surface area contributed by atoms with E-state index in [1.165, 1.54) is 31.3 Å². The van der Waals surface area contributed by atoms with Crippen molar-refractivity contribution in [3.63, 3.8) is 0 Å². The molecule has 0 radical (unpaired) electrons. The van der Waals surface area contributed by atoms with Crippen LogP contribution in [0.5, 0.6) is 0 Å². The van der Waals surface area contributed by atoms with Crippen molar-refractivity contribution < 1.29 is 0 Å². The Labute approximate surface area is 110 Å². The zero-order valence-electron chi connectivity index (χ0n) is 11.5. The van der Waals surface area contributed by atoms with E-state index in [2.05, 4.69) is 43.8 Å². The monoisotopic (exact) mass is 252 g/mol. The fourth-order valence-electron chi connectivity index (χ4n) is 2.03. The molecule has 0 unspecified atom stereocenters. The van der Waals surface area contributed by atoms with Gasteiger partial charge in [0.1, 0.15) is 0 Å². The Bertz CT molecular complexity index is 325. The van der Waals surface area contributed by atoms with E-state index in [0.717, 1.165) is 11.7 Å². The summed E-state index contributed by atoms with van der Waals surface area (Å²) >= 11 is 1.87. The van der Waals surface area contributed by atoms with Crippen molar-refractivity contribution in [2.45, 2.75) is 58.1 Å². The first-order chi connectivity index (χ1) is 8.15. The van der Waals surface area contributed by atoms with E-state index >= 15 is 0 Å². The average molecular weight is 252 g/mol. The van der Waals surface area contributed by atoms with E-state index in [4.69, 9.17) is 0 Å². The second-order valence-corrected chi connectivity index (χ2v) is 6.01. The van der Waals surface area contributed by atoms with Crippen LogP contribution in [0.4, 0.5) is 0 Å². The van der Waals surface area contributed by atoms with Gasteiger partial charge in [-0.3, -0.25) is 4.99 Å². The average Bonchev–Trinajstić information content (AvgIpc) is 2.54. The van der Waals surface area contributed by atoms with Crippen LogP contribution in [0, 0.1) is 0 Å². The van der Waals surface area contributed by atoms with Crippen molar-refractivity contribution in [3.05, 3.63) is 11.6 Å². The molecule has 1 aliphatic heterocycles. The largest absolute Gasteiger partial charge is 0.257 e. The quantitative estimate of drug-likeness (QED) is 0.708. The summed E-state index contributed by atoms with van der Waals surface area (Å²) in [6, 6.07) is 0. The summed E-state index contributed by atoms with van der Waals surface area (Å²) in [5.74, 6) is 0. The molecule has 17 heavy (non-hydrogen) atoms. The van der Waals surface area contributed by atoms with Gasteiger partial charge in [-0.25, -0.2) is 4.99 Å². The van der Waals surface area contributed by atoms with Gasteiger partial charge in [-0.2, -0.15) is 0 Å². The summed E-state index contributed by atoms with van der Waals surface area (Å²) in [4.78, 5) is 9.03. The van der Waals surface area contributed by atoms with E-state index in [-0.39, 0.29) is 0 Å². The van der Waals surface area contributed by atoms with Crippen molar-refractivity contribution in [1.29, 1.82) is 0 Å². The number of aliphatic imine (C=N–C) groups is 2. The van der Waals surface area contributed by atoms with Gasteiger partial charge in [0, 0.05) is 11.0 Å². The standard InChI is InChI=1S/C14H24N2S/c1-5-9-14(6-2,7-3)17-13-15-10-8-12(4)11-16-13/h8,11H,5-7,9-10H2,1-4H3. The van der Waals surface area contributed by atoms with Crippen molar-refractivity contribution in [2.24, 2.45) is 9.98 Å². The van der Waals surface area contributed by atoms with Gasteiger partial charge in [-0.15, -0.1) is 0 Å². The second kappa shape index (κ2) is 7.00. The van der Waals surface area contributed by atoms with Gasteiger partial charge in [0.05, 0.1) is 6.54 Å². The van der Waals surface area contributed by atoms with Crippen LogP contribution >= 0.6 is 11.8 Å². The molecule has 3 heteroatoms. The molecule has 0 amide bonds. The fraction of sp³-hybridized carbons (Fsp3) is 0.714. The van der Waals surface area contributed by atoms with Crippen molar-refractivity contribution >= 4 is 23.1 Å². The molecular weight excluding hydrogens is 228 g/mol. The lowest BCUT2D eigenvalue weighted by Crippen LogP contribution is -2.24. The van der Waals surface area contributed by atoms with Gasteiger partial charge in [0.25, 0.3) is 0 Å². The zero-order valence-corrected chi connectivity index (χ0v) is 12.3. The maximum absolute atomic E-state index is 4.54. The molecule has 0 atom stereocenters. The van der Waals surface area contributed by atoms with Crippen LogP contribution < -0.4 is 0 Å². The minimum absolute atomic E-state index is 0.323. The van der Waals surface area contributed by atoms with Gasteiger partial charge in [0.2, 0.25) is 0 Å². The molecule has 0 bridgehead atoms. The highest BCUT2D eigenvalue weighted by molar-refractivity contribution is 8.15. The maximum Gasteiger partial charge on any atom is 0.183 e. The fourth-order valence-corrected chi connectivity index (χ4v) is 3.25. The van der Waals surface area contributed by atoms with E-state index in [0.29, 0.717) is 4.75 Å². The third-order valence-electron chi connectivity index (χ3n) is 3.32. The Balaban J connectivity index is 2.74. The minimum atomic E-state index is 0.323. The summed E-state index contributed by atoms with van der Waals surface area (Å²) in [5.41, 5.74) is 1.21. The van der Waals surface area contributed by atoms with Crippen LogP contribution in [-0.2, 0) is 0 Å². The smallest absolute Gasteiger partial charge is 0.183 e. The SMILES string of the molecule is CCCC(CC)(CC)SC1=NCC=C(C)C=N1. The lowest BCUT2D eigenvalue weighted by Gasteiger charge is -2.30. The molecule has 96 valence electrons. The molecule has 0 spiro atoms. The van der Waals surface area contributed by atoms with E-state index in [1.807, 2.05) is 18.0 Å². The first-order valence-electron chi connectivity index (χ1n) is 6.60. The second-order valence-electron chi connectivity index (χ2n) is 4.57. The molecule has 2 nitrogen and oxygen atoms in total. The molecular formula is C14H24N2S. The van der Waals surface area contributed by atoms with Crippen LogP contribution in [0.1, 0.15) is 53.4 Å². The van der Waals surface area contributed by atoms with Crippen molar-refractivity contribution in [2.75, 3.05) is 6.54 Å². The van der Waals surface area contributed by atoms with E-state index < -0.39 is 0 Å². The summed E-state index contributed by atoms with van der Waals surface area (Å²) in [5, 5.41) is 0.954. The topological polar surface area (TPSA) is 24.7 Å². The van der Waals surface area contributed by atoms with Gasteiger partial charge in [-0.05, 0) is 31.8 Å². The lowest BCUT2D eigenvalue weighted by atomic mass is 9.97. The molecule has 0 fully saturated rings. The number of nitrogens with zero attached hydrogens (tertiary/aromatic N) is 2. The number of amidine groups is 1. The predicted molar refractivity (Wildman–Crippen MR) is 80.4 cm³/mol. The van der Waals surface area contributed by atoms with Crippen LogP contribution in [0.25, 0.3) is 0 Å². The van der Waals surface area contributed by atoms with E-state index in [9.17, 15) is 0 Å². The van der Waals surface area contributed by atoms with Crippen molar-refractivity contribution in [1.82, 2.24) is 0 Å². The van der Waals surface area contributed by atoms with Crippen LogP contribution in [0.3, 0.4) is 0 Å². The first kappa shape index (κ1) is 14.5. The molecule has 0 saturated carbocycles. The van der Waals surface area contributed by atoms with E-state index in [1.54, 1.807) is 0 Å². The Kier molecular flexibility index (Phi) is 5.96. The van der Waals surface area contributed by atoms with Gasteiger partial charge < -0.3 is 0 Å². The highest BCUT2D eigenvalue weighted by Gasteiger charge is 2.28. The number of rotatable bonds is 5. The third-order valence-corrected chi connectivity index (χ3v) is 4.95. The van der Waals surface area contributed by atoms with Crippen LogP contribution in [0.2, 0.25) is 0 Å². The molecule has 1 heterocycles. The first-order valence-corrected chi connectivity index (χ1v) is 7.41. The molecule has 0 saturated heterocycles. The summed E-state index contributed by atoms with van der Waals surface area (Å²) in [6.45, 7) is 9.65. The Morgan fingerprint density at radius 1 is 1.29 bits per heavy atom. The highest BCUT2D eigenvalue weighted by Crippen LogP contribution is 2.38. The Hall–Kier alpha value is -0.570. The lowest BCUT2D eigenvalue weighted by molar-refractivity contribution is 0.503. The Morgan fingerprint density at radius 3 is 2.59 bits per heavy atom. The predicted octanol–water partition coefficient (Wildman–Crippen LogP) is 4.47. The molecule has 0 aromatic carbocycles. The molecule has 0 aliphatic carbocycles. The van der Waals surface area contributed by atoms with Crippen LogP contribution in [-0.4, -0.2) is 22.7 Å². The molecule has 0 N–H and O–H groups in total. The third kappa shape index (κ3) is 4.30. The maximum atomic E-state index is 4.54. The number of hydrogen-bond acceptors (Lipinski definition) is 3.